The molecule has 6 nitrogen and oxygen atoms in total. The van der Waals surface area contributed by atoms with Crippen LogP contribution in [0.2, 0.25) is 0 Å². The first-order valence-corrected chi connectivity index (χ1v) is 7.30. The largest absolute Gasteiger partial charge is 0.458 e. The van der Waals surface area contributed by atoms with Gasteiger partial charge in [0.05, 0.1) is 6.54 Å². The van der Waals surface area contributed by atoms with Gasteiger partial charge in [0.15, 0.2) is 0 Å². The Labute approximate surface area is 129 Å². The molecule has 22 heavy (non-hydrogen) atoms. The number of aryl methyl sites for hydroxylation is 2. The Kier molecular flexibility index (Phi) is 4.00. The number of hydrogen-bond acceptors (Lipinski definition) is 5. The molecular formula is C16H18N4O2. The quantitative estimate of drug-likeness (QED) is 0.864. The van der Waals surface area contributed by atoms with Crippen LogP contribution in [-0.4, -0.2) is 45.0 Å². The Hall–Kier alpha value is -2.50. The second-order valence-corrected chi connectivity index (χ2v) is 5.45. The second-order valence-electron chi connectivity index (χ2n) is 5.45. The summed E-state index contributed by atoms with van der Waals surface area (Å²) in [5.74, 6) is 0.00911. The number of pyridine rings is 1. The van der Waals surface area contributed by atoms with Crippen LogP contribution in [0.15, 0.2) is 30.6 Å². The second kappa shape index (κ2) is 6.09. The minimum Gasteiger partial charge on any atom is -0.458 e. The van der Waals surface area contributed by atoms with Gasteiger partial charge in [0, 0.05) is 42.3 Å². The molecular weight excluding hydrogens is 280 g/mol. The van der Waals surface area contributed by atoms with Gasteiger partial charge in [0.1, 0.15) is 6.10 Å². The van der Waals surface area contributed by atoms with Gasteiger partial charge in [0.25, 0.3) is 5.91 Å². The molecule has 1 amide bonds. The Morgan fingerprint density at radius 2 is 1.91 bits per heavy atom. The first-order valence-electron chi connectivity index (χ1n) is 7.30. The maximum Gasteiger partial charge on any atom is 0.317 e. The predicted molar refractivity (Wildman–Crippen MR) is 80.7 cm³/mol. The van der Waals surface area contributed by atoms with Crippen molar-refractivity contribution in [2.45, 2.75) is 26.4 Å². The van der Waals surface area contributed by atoms with E-state index in [0.29, 0.717) is 24.7 Å². The number of carbonyl (C=O) groups excluding carboxylic acids is 1. The number of nitrogens with zero attached hydrogens (tertiary/aromatic N) is 4. The molecule has 0 saturated carbocycles. The smallest absolute Gasteiger partial charge is 0.317 e. The average molecular weight is 298 g/mol. The number of amides is 1. The first-order chi connectivity index (χ1) is 10.6. The van der Waals surface area contributed by atoms with Gasteiger partial charge in [-0.2, -0.15) is 0 Å². The van der Waals surface area contributed by atoms with Crippen LogP contribution in [0.4, 0.5) is 0 Å². The van der Waals surface area contributed by atoms with E-state index in [1.165, 1.54) is 0 Å². The van der Waals surface area contributed by atoms with E-state index >= 15 is 0 Å². The summed E-state index contributed by atoms with van der Waals surface area (Å²) in [4.78, 5) is 26.6. The van der Waals surface area contributed by atoms with E-state index in [0.717, 1.165) is 17.8 Å². The van der Waals surface area contributed by atoms with Crippen molar-refractivity contribution in [1.29, 1.82) is 0 Å². The molecule has 114 valence electrons. The first kappa shape index (κ1) is 14.4. The molecule has 2 aromatic rings. The molecule has 1 unspecified atom stereocenters. The molecule has 1 saturated heterocycles. The average Bonchev–Trinajstić information content (AvgIpc) is 2.95. The van der Waals surface area contributed by atoms with Crippen LogP contribution in [0.25, 0.3) is 0 Å². The summed E-state index contributed by atoms with van der Waals surface area (Å²) in [7, 11) is 0. The maximum absolute atomic E-state index is 12.4. The minimum atomic E-state index is -0.0630. The minimum absolute atomic E-state index is 0.00911. The number of likely N-dealkylation sites (tertiary alicyclic amines) is 1. The van der Waals surface area contributed by atoms with Crippen LogP contribution < -0.4 is 4.74 Å². The van der Waals surface area contributed by atoms with Gasteiger partial charge >= 0.3 is 6.01 Å². The molecule has 6 heteroatoms. The molecule has 3 heterocycles. The number of ether oxygens (including phenoxy) is 1. The number of hydrogen-bond donors (Lipinski definition) is 0. The summed E-state index contributed by atoms with van der Waals surface area (Å²) in [6.45, 7) is 5.05. The fraction of sp³-hybridized carbons (Fsp3) is 0.375. The Bertz CT molecular complexity index is 655. The van der Waals surface area contributed by atoms with Crippen LogP contribution in [0.5, 0.6) is 6.01 Å². The van der Waals surface area contributed by atoms with Crippen molar-refractivity contribution in [3.8, 4) is 6.01 Å². The fourth-order valence-corrected chi connectivity index (χ4v) is 2.58. The molecule has 0 N–H and O–H groups in total. The van der Waals surface area contributed by atoms with Crippen LogP contribution in [-0.2, 0) is 0 Å². The van der Waals surface area contributed by atoms with Crippen molar-refractivity contribution in [2.24, 2.45) is 0 Å². The third-order valence-corrected chi connectivity index (χ3v) is 3.59. The lowest BCUT2D eigenvalue weighted by atomic mass is 10.2. The van der Waals surface area contributed by atoms with Gasteiger partial charge < -0.3 is 9.64 Å². The number of aromatic nitrogens is 3. The van der Waals surface area contributed by atoms with Gasteiger partial charge in [-0.15, -0.1) is 0 Å². The van der Waals surface area contributed by atoms with E-state index in [9.17, 15) is 4.79 Å². The van der Waals surface area contributed by atoms with Gasteiger partial charge in [-0.25, -0.2) is 9.97 Å². The number of carbonyl (C=O) groups is 1. The Morgan fingerprint density at radius 3 is 2.59 bits per heavy atom. The molecule has 1 aliphatic heterocycles. The third kappa shape index (κ3) is 3.21. The van der Waals surface area contributed by atoms with Gasteiger partial charge in [-0.3, -0.25) is 9.78 Å². The molecule has 0 spiro atoms. The summed E-state index contributed by atoms with van der Waals surface area (Å²) < 4.78 is 5.82. The monoisotopic (exact) mass is 298 g/mol. The van der Waals surface area contributed by atoms with Gasteiger partial charge in [-0.05, 0) is 32.0 Å². The molecule has 1 aliphatic rings. The van der Waals surface area contributed by atoms with Crippen molar-refractivity contribution >= 4 is 5.91 Å². The van der Waals surface area contributed by atoms with Gasteiger partial charge in [0.2, 0.25) is 0 Å². The van der Waals surface area contributed by atoms with Crippen molar-refractivity contribution in [3.63, 3.8) is 0 Å². The molecule has 2 aromatic heterocycles. The highest BCUT2D eigenvalue weighted by atomic mass is 16.5. The van der Waals surface area contributed by atoms with Crippen LogP contribution in [0.3, 0.4) is 0 Å². The van der Waals surface area contributed by atoms with Crippen molar-refractivity contribution < 1.29 is 9.53 Å². The Morgan fingerprint density at radius 1 is 1.23 bits per heavy atom. The molecule has 0 aromatic carbocycles. The highest BCUT2D eigenvalue weighted by Gasteiger charge is 2.28. The highest BCUT2D eigenvalue weighted by Crippen LogP contribution is 2.18. The standard InChI is InChI=1S/C16H18N4O2/c1-11-9-12(2)19-16(18-11)22-14-5-8-20(10-14)15(21)13-3-6-17-7-4-13/h3-4,6-7,9,14H,5,8,10H2,1-2H3. The molecule has 1 atom stereocenters. The van der Waals surface area contributed by atoms with Crippen molar-refractivity contribution in [2.75, 3.05) is 13.1 Å². The fourth-order valence-electron chi connectivity index (χ4n) is 2.58. The van der Waals surface area contributed by atoms with Crippen LogP contribution >= 0.6 is 0 Å². The molecule has 0 aliphatic carbocycles. The molecule has 0 radical (unpaired) electrons. The number of rotatable bonds is 3. The lowest BCUT2D eigenvalue weighted by Crippen LogP contribution is -2.31. The predicted octanol–water partition coefficient (Wildman–Crippen LogP) is 1.78. The topological polar surface area (TPSA) is 68.2 Å². The SMILES string of the molecule is Cc1cc(C)nc(OC2CCN(C(=O)c3ccncc3)C2)n1. The summed E-state index contributed by atoms with van der Waals surface area (Å²) >= 11 is 0. The van der Waals surface area contributed by atoms with Crippen LogP contribution in [0.1, 0.15) is 28.2 Å². The van der Waals surface area contributed by atoms with E-state index in [1.807, 2.05) is 19.9 Å². The van der Waals surface area contributed by atoms with Gasteiger partial charge in [-0.1, -0.05) is 0 Å². The molecule has 1 fully saturated rings. The summed E-state index contributed by atoms with van der Waals surface area (Å²) in [5.41, 5.74) is 2.41. The van der Waals surface area contributed by atoms with E-state index in [4.69, 9.17) is 4.74 Å². The van der Waals surface area contributed by atoms with Crippen molar-refractivity contribution in [1.82, 2.24) is 19.9 Å². The van der Waals surface area contributed by atoms with Crippen molar-refractivity contribution in [3.05, 3.63) is 47.5 Å². The summed E-state index contributed by atoms with van der Waals surface area (Å²) in [6.07, 6.45) is 3.97. The zero-order valence-electron chi connectivity index (χ0n) is 12.7. The zero-order chi connectivity index (χ0) is 15.5. The van der Waals surface area contributed by atoms with E-state index in [1.54, 1.807) is 29.4 Å². The van der Waals surface area contributed by atoms with E-state index in [2.05, 4.69) is 15.0 Å². The normalized spacial score (nSPS) is 17.5. The Balaban J connectivity index is 1.64. The molecule has 0 bridgehead atoms. The van der Waals surface area contributed by atoms with E-state index < -0.39 is 0 Å². The summed E-state index contributed by atoms with van der Waals surface area (Å²) in [5, 5.41) is 0. The molecule has 3 rings (SSSR count). The zero-order valence-corrected chi connectivity index (χ0v) is 12.7. The summed E-state index contributed by atoms with van der Waals surface area (Å²) in [6, 6.07) is 5.74. The highest BCUT2D eigenvalue weighted by molar-refractivity contribution is 5.94. The lowest BCUT2D eigenvalue weighted by Gasteiger charge is -2.16. The van der Waals surface area contributed by atoms with E-state index in [-0.39, 0.29) is 12.0 Å². The maximum atomic E-state index is 12.4. The lowest BCUT2D eigenvalue weighted by molar-refractivity contribution is 0.0769. The van der Waals surface area contributed by atoms with Crippen LogP contribution in [0, 0.1) is 13.8 Å². The third-order valence-electron chi connectivity index (χ3n) is 3.59.